The van der Waals surface area contributed by atoms with Gasteiger partial charge in [0.15, 0.2) is 0 Å². The number of carbonyl (C=O) groups excluding carboxylic acids is 1. The van der Waals surface area contributed by atoms with Crippen LogP contribution in [0.5, 0.6) is 0 Å². The normalized spacial score (nSPS) is 9.67. The zero-order chi connectivity index (χ0) is 12.3. The molecule has 0 saturated carbocycles. The van der Waals surface area contributed by atoms with Crippen molar-refractivity contribution in [2.45, 2.75) is 6.92 Å². The molecule has 96 valence electrons. The highest BCUT2D eigenvalue weighted by Gasteiger charge is 2.00. The van der Waals surface area contributed by atoms with Crippen LogP contribution in [-0.4, -0.2) is 19.6 Å². The standard InChI is InChI=1S/C14H15NO2.ClH/c1-10-3-4-11-5-6-13(8-12(11)7-10)15-9-14(16)17-2;/h3-8,15H,9H2,1-2H3;1H. The van der Waals surface area contributed by atoms with Crippen LogP contribution in [0.25, 0.3) is 10.8 Å². The van der Waals surface area contributed by atoms with E-state index in [9.17, 15) is 4.79 Å². The first-order chi connectivity index (χ1) is 8.19. The second kappa shape index (κ2) is 6.26. The van der Waals surface area contributed by atoms with Crippen molar-refractivity contribution >= 4 is 34.8 Å². The van der Waals surface area contributed by atoms with Gasteiger partial charge in [0.25, 0.3) is 0 Å². The molecule has 0 aliphatic rings. The van der Waals surface area contributed by atoms with E-state index in [0.29, 0.717) is 0 Å². The lowest BCUT2D eigenvalue weighted by atomic mass is 10.1. The van der Waals surface area contributed by atoms with E-state index in [1.54, 1.807) is 0 Å². The molecule has 0 aromatic heterocycles. The summed E-state index contributed by atoms with van der Waals surface area (Å²) in [6.45, 7) is 2.25. The topological polar surface area (TPSA) is 38.3 Å². The number of hydrogen-bond acceptors (Lipinski definition) is 3. The highest BCUT2D eigenvalue weighted by molar-refractivity contribution is 5.87. The molecule has 0 fully saturated rings. The molecule has 3 nitrogen and oxygen atoms in total. The summed E-state index contributed by atoms with van der Waals surface area (Å²) in [7, 11) is 1.38. The summed E-state index contributed by atoms with van der Waals surface area (Å²) in [5.41, 5.74) is 2.15. The predicted octanol–water partition coefficient (Wildman–Crippen LogP) is 3.15. The van der Waals surface area contributed by atoms with Crippen molar-refractivity contribution in [3.8, 4) is 0 Å². The zero-order valence-electron chi connectivity index (χ0n) is 10.4. The van der Waals surface area contributed by atoms with Crippen LogP contribution in [0.1, 0.15) is 5.56 Å². The molecule has 0 saturated heterocycles. The van der Waals surface area contributed by atoms with Crippen LogP contribution in [-0.2, 0) is 9.53 Å². The Balaban J connectivity index is 0.00000162. The van der Waals surface area contributed by atoms with Gasteiger partial charge in [0.05, 0.1) is 7.11 Å². The van der Waals surface area contributed by atoms with Gasteiger partial charge < -0.3 is 10.1 Å². The number of fused-ring (bicyclic) bond motifs is 1. The SMILES string of the molecule is COC(=O)CNc1ccc2ccc(C)cc2c1.Cl. The van der Waals surface area contributed by atoms with E-state index in [2.05, 4.69) is 35.2 Å². The highest BCUT2D eigenvalue weighted by Crippen LogP contribution is 2.20. The molecule has 0 bridgehead atoms. The number of benzene rings is 2. The Morgan fingerprint density at radius 1 is 1.17 bits per heavy atom. The fourth-order valence-electron chi connectivity index (χ4n) is 1.72. The second-order valence-corrected chi connectivity index (χ2v) is 4.00. The summed E-state index contributed by atoms with van der Waals surface area (Å²) in [6, 6.07) is 12.3. The first-order valence-electron chi connectivity index (χ1n) is 5.50. The van der Waals surface area contributed by atoms with Crippen LogP contribution in [0.3, 0.4) is 0 Å². The van der Waals surface area contributed by atoms with E-state index >= 15 is 0 Å². The van der Waals surface area contributed by atoms with Crippen LogP contribution < -0.4 is 5.32 Å². The summed E-state index contributed by atoms with van der Waals surface area (Å²) in [5, 5.41) is 5.39. The maximum Gasteiger partial charge on any atom is 0.325 e. The second-order valence-electron chi connectivity index (χ2n) is 4.00. The lowest BCUT2D eigenvalue weighted by molar-refractivity contribution is -0.138. The molecule has 0 heterocycles. The Bertz CT molecular complexity index is 554. The number of methoxy groups -OCH3 is 1. The molecular formula is C14H16ClNO2. The summed E-state index contributed by atoms with van der Waals surface area (Å²) in [6.07, 6.45) is 0. The molecule has 2 rings (SSSR count). The van der Waals surface area contributed by atoms with E-state index in [4.69, 9.17) is 0 Å². The molecule has 0 unspecified atom stereocenters. The van der Waals surface area contributed by atoms with Gasteiger partial charge in [0, 0.05) is 5.69 Å². The lowest BCUT2D eigenvalue weighted by Gasteiger charge is -2.06. The van der Waals surface area contributed by atoms with Gasteiger partial charge in [-0.1, -0.05) is 29.8 Å². The molecule has 0 aliphatic carbocycles. The maximum absolute atomic E-state index is 11.0. The van der Waals surface area contributed by atoms with E-state index in [1.807, 2.05) is 18.2 Å². The average Bonchev–Trinajstić information content (AvgIpc) is 2.35. The van der Waals surface area contributed by atoms with E-state index in [1.165, 1.54) is 23.4 Å². The molecule has 4 heteroatoms. The van der Waals surface area contributed by atoms with Crippen molar-refractivity contribution < 1.29 is 9.53 Å². The number of anilines is 1. The first-order valence-corrected chi connectivity index (χ1v) is 5.50. The van der Waals surface area contributed by atoms with Crippen LogP contribution in [0.4, 0.5) is 5.69 Å². The van der Waals surface area contributed by atoms with Crippen LogP contribution in [0, 0.1) is 6.92 Å². The van der Waals surface area contributed by atoms with Gasteiger partial charge >= 0.3 is 5.97 Å². The maximum atomic E-state index is 11.0. The minimum absolute atomic E-state index is 0. The number of nitrogens with one attached hydrogen (secondary N) is 1. The Morgan fingerprint density at radius 2 is 1.89 bits per heavy atom. The molecule has 0 aliphatic heterocycles. The third-order valence-electron chi connectivity index (χ3n) is 2.66. The van der Waals surface area contributed by atoms with Gasteiger partial charge in [-0.3, -0.25) is 4.79 Å². The molecule has 2 aromatic carbocycles. The Morgan fingerprint density at radius 3 is 2.61 bits per heavy atom. The molecule has 0 atom stereocenters. The fraction of sp³-hybridized carbons (Fsp3) is 0.214. The van der Waals surface area contributed by atoms with Crippen LogP contribution in [0.2, 0.25) is 0 Å². The van der Waals surface area contributed by atoms with Crippen LogP contribution in [0.15, 0.2) is 36.4 Å². The summed E-state index contributed by atoms with van der Waals surface area (Å²) in [4.78, 5) is 11.0. The molecule has 0 spiro atoms. The molecule has 18 heavy (non-hydrogen) atoms. The van der Waals surface area contributed by atoms with Crippen molar-refractivity contribution in [3.63, 3.8) is 0 Å². The van der Waals surface area contributed by atoms with Crippen LogP contribution >= 0.6 is 12.4 Å². The number of carbonyl (C=O) groups is 1. The summed E-state index contributed by atoms with van der Waals surface area (Å²) >= 11 is 0. The molecule has 0 radical (unpaired) electrons. The van der Waals surface area contributed by atoms with Crippen molar-refractivity contribution in [2.75, 3.05) is 19.0 Å². The molecule has 0 amide bonds. The minimum atomic E-state index is -0.269. The van der Waals surface area contributed by atoms with Gasteiger partial charge in [-0.05, 0) is 29.8 Å². The Hall–Kier alpha value is -1.74. The van der Waals surface area contributed by atoms with Gasteiger partial charge in [-0.25, -0.2) is 0 Å². The number of halogens is 1. The van der Waals surface area contributed by atoms with Crippen molar-refractivity contribution in [1.29, 1.82) is 0 Å². The minimum Gasteiger partial charge on any atom is -0.468 e. The quantitative estimate of drug-likeness (QED) is 0.867. The third-order valence-corrected chi connectivity index (χ3v) is 2.66. The highest BCUT2D eigenvalue weighted by atomic mass is 35.5. The van der Waals surface area contributed by atoms with Gasteiger partial charge in [-0.15, -0.1) is 12.4 Å². The third kappa shape index (κ3) is 3.37. The van der Waals surface area contributed by atoms with Crippen molar-refractivity contribution in [3.05, 3.63) is 42.0 Å². The first kappa shape index (κ1) is 14.3. The number of hydrogen-bond donors (Lipinski definition) is 1. The lowest BCUT2D eigenvalue weighted by Crippen LogP contribution is -2.14. The monoisotopic (exact) mass is 265 g/mol. The number of esters is 1. The fourth-order valence-corrected chi connectivity index (χ4v) is 1.72. The molecular weight excluding hydrogens is 250 g/mol. The number of rotatable bonds is 3. The van der Waals surface area contributed by atoms with E-state index in [0.717, 1.165) is 5.69 Å². The van der Waals surface area contributed by atoms with Gasteiger partial charge in [-0.2, -0.15) is 0 Å². The number of ether oxygens (including phenoxy) is 1. The largest absolute Gasteiger partial charge is 0.468 e. The van der Waals surface area contributed by atoms with Crippen molar-refractivity contribution in [1.82, 2.24) is 0 Å². The Labute approximate surface area is 113 Å². The summed E-state index contributed by atoms with van der Waals surface area (Å²) in [5.74, 6) is -0.269. The van der Waals surface area contributed by atoms with Crippen molar-refractivity contribution in [2.24, 2.45) is 0 Å². The van der Waals surface area contributed by atoms with Gasteiger partial charge in [0.2, 0.25) is 0 Å². The molecule has 1 N–H and O–H groups in total. The zero-order valence-corrected chi connectivity index (χ0v) is 11.2. The smallest absolute Gasteiger partial charge is 0.325 e. The summed E-state index contributed by atoms with van der Waals surface area (Å²) < 4.78 is 4.58. The van der Waals surface area contributed by atoms with Gasteiger partial charge in [0.1, 0.15) is 6.54 Å². The average molecular weight is 266 g/mol. The Kier molecular flexibility index (Phi) is 4.98. The molecule has 2 aromatic rings. The predicted molar refractivity (Wildman–Crippen MR) is 76.4 cm³/mol. The van der Waals surface area contributed by atoms with E-state index < -0.39 is 0 Å². The van der Waals surface area contributed by atoms with E-state index in [-0.39, 0.29) is 24.9 Å². The number of aryl methyl sites for hydroxylation is 1.